The number of aliphatic hydroxyl groups excluding tert-OH is 1. The van der Waals surface area contributed by atoms with Gasteiger partial charge in [-0.2, -0.15) is 0 Å². The first kappa shape index (κ1) is 11.5. The number of hydrogen-bond acceptors (Lipinski definition) is 2. The SMILES string of the molecule is Cc1ccc(N[C@@H]2CCCC[C@H]2O)cc1C. The highest BCUT2D eigenvalue weighted by Gasteiger charge is 2.22. The van der Waals surface area contributed by atoms with Crippen molar-refractivity contribution >= 4 is 5.69 Å². The molecule has 0 aromatic heterocycles. The van der Waals surface area contributed by atoms with Gasteiger partial charge in [0, 0.05) is 5.69 Å². The number of nitrogens with one attached hydrogen (secondary N) is 1. The fourth-order valence-electron chi connectivity index (χ4n) is 2.32. The summed E-state index contributed by atoms with van der Waals surface area (Å²) in [5.41, 5.74) is 3.75. The molecular weight excluding hydrogens is 198 g/mol. The summed E-state index contributed by atoms with van der Waals surface area (Å²) < 4.78 is 0. The van der Waals surface area contributed by atoms with Crippen LogP contribution >= 0.6 is 0 Å². The van der Waals surface area contributed by atoms with Gasteiger partial charge in [-0.25, -0.2) is 0 Å². The molecule has 0 radical (unpaired) electrons. The van der Waals surface area contributed by atoms with E-state index in [0.717, 1.165) is 24.9 Å². The van der Waals surface area contributed by atoms with Gasteiger partial charge in [-0.1, -0.05) is 18.9 Å². The third kappa shape index (κ3) is 2.56. The van der Waals surface area contributed by atoms with Crippen LogP contribution in [0.1, 0.15) is 36.8 Å². The quantitative estimate of drug-likeness (QED) is 0.801. The normalized spacial score (nSPS) is 25.4. The molecule has 0 spiro atoms. The Kier molecular flexibility index (Phi) is 3.49. The molecule has 2 rings (SSSR count). The summed E-state index contributed by atoms with van der Waals surface area (Å²) in [5, 5.41) is 13.3. The van der Waals surface area contributed by atoms with Gasteiger partial charge in [0.2, 0.25) is 0 Å². The van der Waals surface area contributed by atoms with Gasteiger partial charge in [0.15, 0.2) is 0 Å². The Labute approximate surface area is 97.7 Å². The first-order valence-electron chi connectivity index (χ1n) is 6.18. The lowest BCUT2D eigenvalue weighted by Crippen LogP contribution is -2.36. The molecule has 0 bridgehead atoms. The zero-order valence-corrected chi connectivity index (χ0v) is 10.2. The smallest absolute Gasteiger partial charge is 0.0741 e. The van der Waals surface area contributed by atoms with Gasteiger partial charge in [0.25, 0.3) is 0 Å². The van der Waals surface area contributed by atoms with Crippen LogP contribution in [-0.4, -0.2) is 17.3 Å². The van der Waals surface area contributed by atoms with E-state index in [1.165, 1.54) is 17.5 Å². The van der Waals surface area contributed by atoms with Crippen LogP contribution in [0, 0.1) is 13.8 Å². The summed E-state index contributed by atoms with van der Waals surface area (Å²) in [6.45, 7) is 4.24. The average molecular weight is 219 g/mol. The molecule has 0 aliphatic heterocycles. The number of anilines is 1. The number of benzene rings is 1. The van der Waals surface area contributed by atoms with Gasteiger partial charge in [-0.15, -0.1) is 0 Å². The van der Waals surface area contributed by atoms with Crippen molar-refractivity contribution in [3.8, 4) is 0 Å². The Morgan fingerprint density at radius 2 is 1.88 bits per heavy atom. The molecule has 0 unspecified atom stereocenters. The molecule has 1 aromatic carbocycles. The van der Waals surface area contributed by atoms with E-state index in [2.05, 4.69) is 37.4 Å². The van der Waals surface area contributed by atoms with Crippen molar-refractivity contribution < 1.29 is 5.11 Å². The van der Waals surface area contributed by atoms with E-state index in [-0.39, 0.29) is 12.1 Å². The van der Waals surface area contributed by atoms with E-state index in [1.807, 2.05) is 0 Å². The average Bonchev–Trinajstić information content (AvgIpc) is 2.27. The van der Waals surface area contributed by atoms with Gasteiger partial charge in [0.05, 0.1) is 12.1 Å². The van der Waals surface area contributed by atoms with E-state index < -0.39 is 0 Å². The van der Waals surface area contributed by atoms with Crippen molar-refractivity contribution in [3.63, 3.8) is 0 Å². The summed E-state index contributed by atoms with van der Waals surface area (Å²) in [6, 6.07) is 6.63. The summed E-state index contributed by atoms with van der Waals surface area (Å²) >= 11 is 0. The zero-order chi connectivity index (χ0) is 11.5. The minimum Gasteiger partial charge on any atom is -0.391 e. The predicted octanol–water partition coefficient (Wildman–Crippen LogP) is 3.02. The summed E-state index contributed by atoms with van der Waals surface area (Å²) in [5.74, 6) is 0. The van der Waals surface area contributed by atoms with Crippen LogP contribution in [0.3, 0.4) is 0 Å². The van der Waals surface area contributed by atoms with Crippen LogP contribution in [0.15, 0.2) is 18.2 Å². The van der Waals surface area contributed by atoms with E-state index in [0.29, 0.717) is 0 Å². The molecule has 0 heterocycles. The van der Waals surface area contributed by atoms with Crippen LogP contribution in [0.2, 0.25) is 0 Å². The number of hydrogen-bond donors (Lipinski definition) is 2. The molecule has 0 saturated heterocycles. The molecule has 2 nitrogen and oxygen atoms in total. The third-order valence-corrected chi connectivity index (χ3v) is 3.59. The zero-order valence-electron chi connectivity index (χ0n) is 10.2. The minimum atomic E-state index is -0.185. The largest absolute Gasteiger partial charge is 0.391 e. The van der Waals surface area contributed by atoms with Crippen LogP contribution < -0.4 is 5.32 Å². The predicted molar refractivity (Wildman–Crippen MR) is 67.8 cm³/mol. The maximum absolute atomic E-state index is 9.89. The van der Waals surface area contributed by atoms with Crippen molar-refractivity contribution in [2.75, 3.05) is 5.32 Å². The van der Waals surface area contributed by atoms with Crippen LogP contribution in [0.25, 0.3) is 0 Å². The Hall–Kier alpha value is -1.02. The molecule has 16 heavy (non-hydrogen) atoms. The van der Waals surface area contributed by atoms with Gasteiger partial charge >= 0.3 is 0 Å². The summed E-state index contributed by atoms with van der Waals surface area (Å²) in [7, 11) is 0. The van der Waals surface area contributed by atoms with E-state index in [1.54, 1.807) is 0 Å². The van der Waals surface area contributed by atoms with Crippen molar-refractivity contribution in [2.24, 2.45) is 0 Å². The molecule has 2 heteroatoms. The first-order chi connectivity index (χ1) is 7.66. The summed E-state index contributed by atoms with van der Waals surface area (Å²) in [6.07, 6.45) is 4.21. The Balaban J connectivity index is 2.05. The third-order valence-electron chi connectivity index (χ3n) is 3.59. The Bertz CT molecular complexity index is 362. The highest BCUT2D eigenvalue weighted by Crippen LogP contribution is 2.23. The van der Waals surface area contributed by atoms with E-state index in [9.17, 15) is 5.11 Å². The first-order valence-corrected chi connectivity index (χ1v) is 6.18. The maximum Gasteiger partial charge on any atom is 0.0741 e. The standard InChI is InChI=1S/C14H21NO/c1-10-7-8-12(9-11(10)2)15-13-5-3-4-6-14(13)16/h7-9,13-16H,3-6H2,1-2H3/t13-,14-/m1/s1. The fourth-order valence-corrected chi connectivity index (χ4v) is 2.32. The fraction of sp³-hybridized carbons (Fsp3) is 0.571. The molecule has 1 saturated carbocycles. The number of aliphatic hydroxyl groups is 1. The Morgan fingerprint density at radius 1 is 1.12 bits per heavy atom. The lowest BCUT2D eigenvalue weighted by molar-refractivity contribution is 0.116. The summed E-state index contributed by atoms with van der Waals surface area (Å²) in [4.78, 5) is 0. The maximum atomic E-state index is 9.89. The lowest BCUT2D eigenvalue weighted by atomic mass is 9.92. The van der Waals surface area contributed by atoms with Gasteiger partial charge in [-0.3, -0.25) is 0 Å². The number of rotatable bonds is 2. The van der Waals surface area contributed by atoms with Gasteiger partial charge in [0.1, 0.15) is 0 Å². The monoisotopic (exact) mass is 219 g/mol. The molecule has 2 N–H and O–H groups in total. The molecule has 1 aliphatic rings. The van der Waals surface area contributed by atoms with E-state index in [4.69, 9.17) is 0 Å². The second kappa shape index (κ2) is 4.88. The molecule has 88 valence electrons. The molecule has 2 atom stereocenters. The highest BCUT2D eigenvalue weighted by molar-refractivity contribution is 5.49. The van der Waals surface area contributed by atoms with Crippen molar-refractivity contribution in [1.82, 2.24) is 0 Å². The van der Waals surface area contributed by atoms with Crippen molar-refractivity contribution in [3.05, 3.63) is 29.3 Å². The van der Waals surface area contributed by atoms with Crippen molar-refractivity contribution in [2.45, 2.75) is 51.7 Å². The molecule has 1 aliphatic carbocycles. The molecular formula is C14H21NO. The van der Waals surface area contributed by atoms with Crippen LogP contribution in [0.5, 0.6) is 0 Å². The second-order valence-electron chi connectivity index (χ2n) is 4.90. The van der Waals surface area contributed by atoms with Crippen LogP contribution in [0.4, 0.5) is 5.69 Å². The van der Waals surface area contributed by atoms with Gasteiger partial charge < -0.3 is 10.4 Å². The van der Waals surface area contributed by atoms with Crippen LogP contribution in [-0.2, 0) is 0 Å². The van der Waals surface area contributed by atoms with Gasteiger partial charge in [-0.05, 0) is 49.9 Å². The minimum absolute atomic E-state index is 0.185. The molecule has 1 fully saturated rings. The Morgan fingerprint density at radius 3 is 2.56 bits per heavy atom. The highest BCUT2D eigenvalue weighted by atomic mass is 16.3. The topological polar surface area (TPSA) is 32.3 Å². The van der Waals surface area contributed by atoms with E-state index >= 15 is 0 Å². The number of aryl methyl sites for hydroxylation is 2. The molecule has 1 aromatic rings. The molecule has 0 amide bonds. The second-order valence-corrected chi connectivity index (χ2v) is 4.90. The lowest BCUT2D eigenvalue weighted by Gasteiger charge is -2.29. The van der Waals surface area contributed by atoms with Crippen molar-refractivity contribution in [1.29, 1.82) is 0 Å².